The monoisotopic (exact) mass is 589 g/mol. The van der Waals surface area contributed by atoms with Gasteiger partial charge in [-0.15, -0.1) is 0 Å². The number of benzene rings is 2. The first-order valence-electron chi connectivity index (χ1n) is 14.5. The average Bonchev–Trinajstić information content (AvgIpc) is 3.32. The highest BCUT2D eigenvalue weighted by molar-refractivity contribution is 5.94. The van der Waals surface area contributed by atoms with Crippen molar-refractivity contribution in [2.45, 2.75) is 66.2 Å². The second kappa shape index (κ2) is 13.2. The standard InChI is InChI=1S/C33H40FN5O4/c1-22(2)29(28-20-27-19-23(3)36-39(27)32(42)38(28)21-24-11-8-7-9-12-24)37(30(40)25-13-15-26(34)16-14-25)18-10-17-35-31(41)43-33(4,5)6/h7-9,11-16,19-20,22,29H,10,17-18,21H2,1-6H3,(H,35,41)/t29-/m1/s1. The first-order chi connectivity index (χ1) is 20.3. The van der Waals surface area contributed by atoms with Crippen LogP contribution in [0.4, 0.5) is 9.18 Å². The highest BCUT2D eigenvalue weighted by atomic mass is 19.1. The lowest BCUT2D eigenvalue weighted by Gasteiger charge is -2.36. The Balaban J connectivity index is 1.77. The van der Waals surface area contributed by atoms with Crippen LogP contribution in [0.2, 0.25) is 0 Å². The zero-order valence-corrected chi connectivity index (χ0v) is 25.6. The van der Waals surface area contributed by atoms with E-state index in [1.807, 2.05) is 63.2 Å². The summed E-state index contributed by atoms with van der Waals surface area (Å²) in [5.74, 6) is -0.862. The lowest BCUT2D eigenvalue weighted by molar-refractivity contribution is 0.0520. The van der Waals surface area contributed by atoms with E-state index in [9.17, 15) is 18.8 Å². The molecule has 228 valence electrons. The molecule has 2 amide bonds. The lowest BCUT2D eigenvalue weighted by Crippen LogP contribution is -2.43. The van der Waals surface area contributed by atoms with Crippen LogP contribution in [0.1, 0.15) is 74.4 Å². The molecule has 2 aromatic heterocycles. The van der Waals surface area contributed by atoms with E-state index in [2.05, 4.69) is 10.4 Å². The largest absolute Gasteiger partial charge is 0.444 e. The number of fused-ring (bicyclic) bond motifs is 1. The molecule has 9 nitrogen and oxygen atoms in total. The maximum atomic E-state index is 14.1. The van der Waals surface area contributed by atoms with Crippen molar-refractivity contribution in [3.05, 3.63) is 106 Å². The van der Waals surface area contributed by atoms with E-state index in [1.54, 1.807) is 30.2 Å². The van der Waals surface area contributed by atoms with E-state index in [4.69, 9.17) is 4.74 Å². The Morgan fingerprint density at radius 2 is 1.72 bits per heavy atom. The maximum Gasteiger partial charge on any atom is 0.407 e. The van der Waals surface area contributed by atoms with Gasteiger partial charge in [0.05, 0.1) is 23.8 Å². The highest BCUT2D eigenvalue weighted by Gasteiger charge is 2.32. The van der Waals surface area contributed by atoms with Crippen molar-refractivity contribution in [1.82, 2.24) is 24.4 Å². The van der Waals surface area contributed by atoms with Crippen molar-refractivity contribution in [1.29, 1.82) is 0 Å². The molecule has 4 aromatic rings. The molecule has 0 aliphatic carbocycles. The van der Waals surface area contributed by atoms with Crippen LogP contribution in [-0.4, -0.2) is 49.8 Å². The van der Waals surface area contributed by atoms with Crippen LogP contribution in [0.5, 0.6) is 0 Å². The minimum Gasteiger partial charge on any atom is -0.444 e. The summed E-state index contributed by atoms with van der Waals surface area (Å²) in [6, 6.07) is 18.3. The first kappa shape index (κ1) is 31.5. The Morgan fingerprint density at radius 1 is 1.05 bits per heavy atom. The molecule has 2 aromatic carbocycles. The van der Waals surface area contributed by atoms with Crippen LogP contribution in [0.3, 0.4) is 0 Å². The predicted octanol–water partition coefficient (Wildman–Crippen LogP) is 5.75. The number of carbonyl (C=O) groups excluding carboxylic acids is 2. The number of carbonyl (C=O) groups is 2. The Bertz CT molecular complexity index is 1620. The fourth-order valence-corrected chi connectivity index (χ4v) is 5.14. The first-order valence-corrected chi connectivity index (χ1v) is 14.5. The van der Waals surface area contributed by atoms with Gasteiger partial charge < -0.3 is 15.0 Å². The summed E-state index contributed by atoms with van der Waals surface area (Å²) in [7, 11) is 0. The van der Waals surface area contributed by atoms with Crippen molar-refractivity contribution in [3.63, 3.8) is 0 Å². The van der Waals surface area contributed by atoms with Gasteiger partial charge in [-0.2, -0.15) is 9.61 Å². The van der Waals surface area contributed by atoms with Crippen LogP contribution in [0.15, 0.2) is 71.5 Å². The average molecular weight is 590 g/mol. The number of ether oxygens (including phenoxy) is 1. The summed E-state index contributed by atoms with van der Waals surface area (Å²) >= 11 is 0. The van der Waals surface area contributed by atoms with Gasteiger partial charge in [0.15, 0.2) is 0 Å². The third-order valence-corrected chi connectivity index (χ3v) is 6.93. The van der Waals surface area contributed by atoms with E-state index < -0.39 is 23.6 Å². The van der Waals surface area contributed by atoms with Crippen molar-refractivity contribution in [2.24, 2.45) is 5.92 Å². The molecule has 0 radical (unpaired) electrons. The third kappa shape index (κ3) is 7.88. The molecule has 0 unspecified atom stereocenters. The van der Waals surface area contributed by atoms with Gasteiger partial charge in [0.1, 0.15) is 11.4 Å². The van der Waals surface area contributed by atoms with Gasteiger partial charge >= 0.3 is 11.8 Å². The number of aryl methyl sites for hydroxylation is 1. The smallest absolute Gasteiger partial charge is 0.407 e. The van der Waals surface area contributed by atoms with E-state index in [1.165, 1.54) is 28.8 Å². The SMILES string of the molecule is Cc1cc2cc([C@@H](C(C)C)N(CCCNC(=O)OC(C)(C)C)C(=O)c3ccc(F)cc3)n(Cc3ccccc3)c(=O)n2n1. The molecule has 0 aliphatic rings. The molecule has 2 heterocycles. The number of amides is 2. The predicted molar refractivity (Wildman–Crippen MR) is 164 cm³/mol. The number of alkyl carbamates (subject to hydrolysis) is 1. The molecular weight excluding hydrogens is 549 g/mol. The second-order valence-electron chi connectivity index (χ2n) is 12.0. The molecule has 10 heteroatoms. The molecule has 0 saturated heterocycles. The van der Waals surface area contributed by atoms with Gasteiger partial charge in [0, 0.05) is 24.3 Å². The quantitative estimate of drug-likeness (QED) is 0.238. The number of nitrogens with zero attached hydrogens (tertiary/aromatic N) is 4. The topological polar surface area (TPSA) is 97.9 Å². The molecule has 43 heavy (non-hydrogen) atoms. The molecule has 1 atom stereocenters. The molecule has 4 rings (SSSR count). The van der Waals surface area contributed by atoms with Crippen molar-refractivity contribution < 1.29 is 18.7 Å². The van der Waals surface area contributed by atoms with Gasteiger partial charge in [0.2, 0.25) is 0 Å². The third-order valence-electron chi connectivity index (χ3n) is 6.93. The van der Waals surface area contributed by atoms with Gasteiger partial charge in [-0.1, -0.05) is 44.2 Å². The van der Waals surface area contributed by atoms with Crippen molar-refractivity contribution in [2.75, 3.05) is 13.1 Å². The van der Waals surface area contributed by atoms with Crippen LogP contribution >= 0.6 is 0 Å². The number of halogens is 1. The summed E-state index contributed by atoms with van der Waals surface area (Å²) < 4.78 is 22.2. The maximum absolute atomic E-state index is 14.1. The van der Waals surface area contributed by atoms with E-state index in [-0.39, 0.29) is 37.1 Å². The Labute approximate surface area is 251 Å². The number of rotatable bonds is 10. The molecule has 0 aliphatic heterocycles. The molecule has 1 N–H and O–H groups in total. The summed E-state index contributed by atoms with van der Waals surface area (Å²) in [6.07, 6.45) is -0.116. The normalized spacial score (nSPS) is 12.4. The van der Waals surface area contributed by atoms with E-state index in [0.717, 1.165) is 5.56 Å². The van der Waals surface area contributed by atoms with Crippen molar-refractivity contribution >= 4 is 17.5 Å². The Morgan fingerprint density at radius 3 is 2.35 bits per heavy atom. The number of aromatic nitrogens is 3. The summed E-state index contributed by atoms with van der Waals surface area (Å²) in [5, 5.41) is 7.17. The molecule has 0 bridgehead atoms. The summed E-state index contributed by atoms with van der Waals surface area (Å²) in [6.45, 7) is 12.0. The summed E-state index contributed by atoms with van der Waals surface area (Å²) in [5.41, 5.74) is 2.30. The lowest BCUT2D eigenvalue weighted by atomic mass is 9.96. The minimum absolute atomic E-state index is 0.115. The van der Waals surface area contributed by atoms with Crippen LogP contribution < -0.4 is 11.0 Å². The number of nitrogens with one attached hydrogen (secondary N) is 1. The minimum atomic E-state index is -0.634. The fourth-order valence-electron chi connectivity index (χ4n) is 5.14. The van der Waals surface area contributed by atoms with Gasteiger partial charge in [0.25, 0.3) is 5.91 Å². The second-order valence-corrected chi connectivity index (χ2v) is 12.0. The van der Waals surface area contributed by atoms with Crippen molar-refractivity contribution in [3.8, 4) is 0 Å². The number of hydrogen-bond acceptors (Lipinski definition) is 5. The van der Waals surface area contributed by atoms with Crippen LogP contribution in [0.25, 0.3) is 5.52 Å². The molecular formula is C33H40FN5O4. The number of hydrogen-bond donors (Lipinski definition) is 1. The van der Waals surface area contributed by atoms with Gasteiger partial charge in [-0.05, 0) is 82.0 Å². The molecule has 0 fully saturated rings. The Kier molecular flexibility index (Phi) is 9.68. The Hall–Kier alpha value is -4.47. The molecule has 0 saturated carbocycles. The van der Waals surface area contributed by atoms with Gasteiger partial charge in [-0.25, -0.2) is 14.0 Å². The van der Waals surface area contributed by atoms with E-state index in [0.29, 0.717) is 28.9 Å². The van der Waals surface area contributed by atoms with E-state index >= 15 is 0 Å². The van der Waals surface area contributed by atoms with Crippen LogP contribution in [-0.2, 0) is 11.3 Å². The zero-order chi connectivity index (χ0) is 31.3. The highest BCUT2D eigenvalue weighted by Crippen LogP contribution is 2.31. The van der Waals surface area contributed by atoms with Gasteiger partial charge in [-0.3, -0.25) is 9.36 Å². The fraction of sp³-hybridized carbons (Fsp3) is 0.394. The zero-order valence-electron chi connectivity index (χ0n) is 25.6. The summed E-state index contributed by atoms with van der Waals surface area (Å²) in [4.78, 5) is 42.0. The molecule has 0 spiro atoms. The van der Waals surface area contributed by atoms with Crippen LogP contribution in [0, 0.1) is 18.7 Å².